The summed E-state index contributed by atoms with van der Waals surface area (Å²) in [7, 11) is -2.22. The topological polar surface area (TPSA) is 99.8 Å². The van der Waals surface area contributed by atoms with Gasteiger partial charge in [0, 0.05) is 25.8 Å². The minimum absolute atomic E-state index is 0.0194. The largest absolute Gasteiger partial charge is 0.477 e. The number of sulfonamides is 1. The molecule has 0 unspecified atom stereocenters. The third-order valence-electron chi connectivity index (χ3n) is 4.15. The van der Waals surface area contributed by atoms with Crippen LogP contribution in [0, 0.1) is 12.8 Å². The zero-order valence-electron chi connectivity index (χ0n) is 12.3. The van der Waals surface area contributed by atoms with Gasteiger partial charge in [-0.3, -0.25) is 0 Å². The van der Waals surface area contributed by atoms with Gasteiger partial charge in [-0.2, -0.15) is 4.31 Å². The van der Waals surface area contributed by atoms with Gasteiger partial charge in [-0.1, -0.05) is 6.92 Å². The Morgan fingerprint density at radius 1 is 1.43 bits per heavy atom. The van der Waals surface area contributed by atoms with Gasteiger partial charge < -0.3 is 14.8 Å². The van der Waals surface area contributed by atoms with Gasteiger partial charge in [0.05, 0.1) is 6.10 Å². The Morgan fingerprint density at radius 3 is 2.52 bits per heavy atom. The second-order valence-electron chi connectivity index (χ2n) is 5.54. The first-order chi connectivity index (χ1) is 9.66. The lowest BCUT2D eigenvalue weighted by atomic mass is 9.99. The molecule has 1 fully saturated rings. The summed E-state index contributed by atoms with van der Waals surface area (Å²) in [4.78, 5) is 11.1. The van der Waals surface area contributed by atoms with Crippen molar-refractivity contribution in [3.63, 3.8) is 0 Å². The lowest BCUT2D eigenvalue weighted by molar-refractivity contribution is 0.0628. The molecule has 8 heteroatoms. The number of rotatable bonds is 3. The molecular weight excluding hydrogens is 296 g/mol. The van der Waals surface area contributed by atoms with Crippen LogP contribution in [0.1, 0.15) is 29.5 Å². The summed E-state index contributed by atoms with van der Waals surface area (Å²) in [5.41, 5.74) is 0.336. The van der Waals surface area contributed by atoms with Crippen molar-refractivity contribution in [1.82, 2.24) is 8.87 Å². The molecule has 1 saturated heterocycles. The Bertz CT molecular complexity index is 664. The minimum Gasteiger partial charge on any atom is -0.477 e. The first-order valence-corrected chi connectivity index (χ1v) is 8.18. The quantitative estimate of drug-likeness (QED) is 0.842. The number of carbonyl (C=O) groups is 1. The monoisotopic (exact) mass is 316 g/mol. The van der Waals surface area contributed by atoms with Crippen LogP contribution in [0.2, 0.25) is 0 Å². The molecule has 0 bridgehead atoms. The molecule has 0 radical (unpaired) electrons. The number of carboxylic acid groups (broad SMARTS) is 1. The van der Waals surface area contributed by atoms with E-state index in [1.54, 1.807) is 13.8 Å². The minimum atomic E-state index is -3.75. The molecule has 7 nitrogen and oxygen atoms in total. The second kappa shape index (κ2) is 5.43. The molecule has 1 aliphatic rings. The molecule has 118 valence electrons. The molecule has 2 heterocycles. The van der Waals surface area contributed by atoms with Crippen LogP contribution in [-0.2, 0) is 17.1 Å². The molecule has 1 aromatic rings. The fourth-order valence-corrected chi connectivity index (χ4v) is 4.42. The summed E-state index contributed by atoms with van der Waals surface area (Å²) < 4.78 is 28.0. The third-order valence-corrected chi connectivity index (χ3v) is 6.13. The number of aromatic carboxylic acids is 1. The average molecular weight is 316 g/mol. The van der Waals surface area contributed by atoms with Crippen LogP contribution in [0.4, 0.5) is 0 Å². The number of nitrogens with zero attached hydrogens (tertiary/aromatic N) is 2. The number of aliphatic hydroxyl groups is 1. The van der Waals surface area contributed by atoms with Crippen LogP contribution >= 0.6 is 0 Å². The van der Waals surface area contributed by atoms with Crippen molar-refractivity contribution in [2.45, 2.75) is 31.3 Å². The van der Waals surface area contributed by atoms with Gasteiger partial charge in [0.25, 0.3) is 0 Å². The van der Waals surface area contributed by atoms with E-state index in [0.717, 1.165) is 0 Å². The van der Waals surface area contributed by atoms with E-state index in [2.05, 4.69) is 0 Å². The number of hydrogen-bond donors (Lipinski definition) is 2. The highest BCUT2D eigenvalue weighted by molar-refractivity contribution is 7.89. The number of hydrogen-bond acceptors (Lipinski definition) is 4. The van der Waals surface area contributed by atoms with Crippen LogP contribution in [0.25, 0.3) is 0 Å². The molecular formula is C13H20N2O5S. The maximum Gasteiger partial charge on any atom is 0.352 e. The maximum absolute atomic E-state index is 12.7. The van der Waals surface area contributed by atoms with Crippen LogP contribution in [-0.4, -0.2) is 52.7 Å². The molecule has 1 aliphatic heterocycles. The van der Waals surface area contributed by atoms with Gasteiger partial charge in [0.2, 0.25) is 10.0 Å². The summed E-state index contributed by atoms with van der Waals surface area (Å²) in [5, 5.41) is 18.8. The SMILES string of the molecule is Cc1c(S(=O)(=O)N2CC[C@@H](O)[C@@H](C)C2)cc(C(=O)O)n1C. The van der Waals surface area contributed by atoms with Gasteiger partial charge in [-0.25, -0.2) is 13.2 Å². The number of carboxylic acids is 1. The summed E-state index contributed by atoms with van der Waals surface area (Å²) in [6, 6.07) is 1.20. The number of aliphatic hydroxyl groups excluding tert-OH is 1. The first-order valence-electron chi connectivity index (χ1n) is 6.74. The number of aromatic nitrogens is 1. The molecule has 21 heavy (non-hydrogen) atoms. The van der Waals surface area contributed by atoms with Crippen molar-refractivity contribution >= 4 is 16.0 Å². The summed E-state index contributed by atoms with van der Waals surface area (Å²) >= 11 is 0. The van der Waals surface area contributed by atoms with Crippen molar-refractivity contribution in [3.8, 4) is 0 Å². The van der Waals surface area contributed by atoms with Crippen LogP contribution in [0.3, 0.4) is 0 Å². The normalized spacial score (nSPS) is 24.2. The summed E-state index contributed by atoms with van der Waals surface area (Å²) in [6.45, 7) is 3.86. The van der Waals surface area contributed by atoms with E-state index in [-0.39, 0.29) is 29.6 Å². The van der Waals surface area contributed by atoms with Crippen molar-refractivity contribution in [3.05, 3.63) is 17.5 Å². The molecule has 0 aliphatic carbocycles. The third kappa shape index (κ3) is 2.70. The standard InChI is InChI=1S/C13H20N2O5S/c1-8-7-15(5-4-11(8)16)21(19,20)12-6-10(13(17)18)14(3)9(12)2/h6,8,11,16H,4-5,7H2,1-3H3,(H,17,18)/t8-,11+/m0/s1. The Kier molecular flexibility index (Phi) is 4.14. The second-order valence-corrected chi connectivity index (χ2v) is 7.45. The van der Waals surface area contributed by atoms with Crippen LogP contribution in [0.15, 0.2) is 11.0 Å². The Hall–Kier alpha value is -1.38. The average Bonchev–Trinajstić information content (AvgIpc) is 2.70. The highest BCUT2D eigenvalue weighted by Crippen LogP contribution is 2.27. The summed E-state index contributed by atoms with van der Waals surface area (Å²) in [6.07, 6.45) is -0.110. The Morgan fingerprint density at radius 2 is 2.05 bits per heavy atom. The van der Waals surface area contributed by atoms with Gasteiger partial charge in [-0.15, -0.1) is 0 Å². The molecule has 0 aromatic carbocycles. The van der Waals surface area contributed by atoms with E-state index in [1.165, 1.54) is 22.0 Å². The fraction of sp³-hybridized carbons (Fsp3) is 0.615. The zero-order valence-corrected chi connectivity index (χ0v) is 13.1. The number of piperidine rings is 1. The van der Waals surface area contributed by atoms with Crippen LogP contribution < -0.4 is 0 Å². The van der Waals surface area contributed by atoms with Crippen molar-refractivity contribution < 1.29 is 23.4 Å². The molecule has 2 atom stereocenters. The van der Waals surface area contributed by atoms with E-state index >= 15 is 0 Å². The molecule has 0 amide bonds. The van der Waals surface area contributed by atoms with Gasteiger partial charge in [0.15, 0.2) is 0 Å². The molecule has 2 N–H and O–H groups in total. The predicted octanol–water partition coefficient (Wildman–Crippen LogP) is 0.423. The predicted molar refractivity (Wildman–Crippen MR) is 75.7 cm³/mol. The highest BCUT2D eigenvalue weighted by Gasteiger charge is 2.35. The smallest absolute Gasteiger partial charge is 0.352 e. The zero-order chi connectivity index (χ0) is 15.9. The first kappa shape index (κ1) is 16.0. The van der Waals surface area contributed by atoms with Crippen molar-refractivity contribution in [2.75, 3.05) is 13.1 Å². The van der Waals surface area contributed by atoms with Gasteiger partial charge in [0.1, 0.15) is 10.6 Å². The Labute approximate surface area is 123 Å². The van der Waals surface area contributed by atoms with E-state index in [4.69, 9.17) is 5.11 Å². The molecule has 0 saturated carbocycles. The molecule has 0 spiro atoms. The van der Waals surface area contributed by atoms with E-state index < -0.39 is 22.1 Å². The van der Waals surface area contributed by atoms with Gasteiger partial charge in [-0.05, 0) is 25.3 Å². The molecule has 1 aromatic heterocycles. The lowest BCUT2D eigenvalue weighted by Crippen LogP contribution is -2.44. The van der Waals surface area contributed by atoms with Crippen LogP contribution in [0.5, 0.6) is 0 Å². The molecule has 2 rings (SSSR count). The van der Waals surface area contributed by atoms with E-state index in [0.29, 0.717) is 12.1 Å². The van der Waals surface area contributed by atoms with Crippen molar-refractivity contribution in [1.29, 1.82) is 0 Å². The maximum atomic E-state index is 12.7. The highest BCUT2D eigenvalue weighted by atomic mass is 32.2. The summed E-state index contributed by atoms with van der Waals surface area (Å²) in [5.74, 6) is -1.30. The lowest BCUT2D eigenvalue weighted by Gasteiger charge is -2.33. The van der Waals surface area contributed by atoms with Gasteiger partial charge >= 0.3 is 5.97 Å². The van der Waals surface area contributed by atoms with Crippen molar-refractivity contribution in [2.24, 2.45) is 13.0 Å². The Balaban J connectivity index is 2.41. The van der Waals surface area contributed by atoms with E-state index in [9.17, 15) is 18.3 Å². The van der Waals surface area contributed by atoms with E-state index in [1.807, 2.05) is 0 Å². The fourth-order valence-electron chi connectivity index (χ4n) is 2.59.